The summed E-state index contributed by atoms with van der Waals surface area (Å²) in [6.07, 6.45) is 35.5. The Labute approximate surface area is 355 Å². The molecule has 0 aromatic carbocycles. The number of nitrogens with two attached hydrogens (primary N) is 1. The van der Waals surface area contributed by atoms with Crippen molar-refractivity contribution in [1.29, 1.82) is 0 Å². The number of allylic oxidation sites excluding steroid dienone is 10. The van der Waals surface area contributed by atoms with E-state index in [2.05, 4.69) is 43.5 Å². The number of nitrogens with zero attached hydrogens (tertiary/aromatic N) is 1. The summed E-state index contributed by atoms with van der Waals surface area (Å²) >= 11 is 1.24. The number of nitrogens with one attached hydrogen (secondary N) is 1. The Morgan fingerprint density at radius 2 is 1.43 bits per heavy atom. The highest BCUT2D eigenvalue weighted by molar-refractivity contribution is 8.00. The molecule has 0 heterocycles. The predicted octanol–water partition coefficient (Wildman–Crippen LogP) is 7.53. The lowest BCUT2D eigenvalue weighted by Crippen LogP contribution is -2.52. The first-order chi connectivity index (χ1) is 27.6. The van der Waals surface area contributed by atoms with Crippen LogP contribution in [0.1, 0.15) is 117 Å². The number of phosphoric acid groups is 1. The third kappa shape index (κ3) is 34.5. The van der Waals surface area contributed by atoms with Crippen molar-refractivity contribution in [1.82, 2.24) is 5.32 Å². The third-order valence-corrected chi connectivity index (χ3v) is 11.3. The number of aliphatic hydroxyl groups is 2. The molecule has 0 rings (SSSR count). The van der Waals surface area contributed by atoms with E-state index in [9.17, 15) is 29.3 Å². The van der Waals surface area contributed by atoms with Crippen molar-refractivity contribution in [3.63, 3.8) is 0 Å². The van der Waals surface area contributed by atoms with E-state index in [4.69, 9.17) is 19.9 Å². The van der Waals surface area contributed by atoms with Crippen LogP contribution < -0.4 is 15.9 Å². The van der Waals surface area contributed by atoms with Crippen molar-refractivity contribution < 1.29 is 47.9 Å². The van der Waals surface area contributed by atoms with E-state index in [-0.39, 0.29) is 31.6 Å². The van der Waals surface area contributed by atoms with Gasteiger partial charge < -0.3 is 44.8 Å². The van der Waals surface area contributed by atoms with Crippen LogP contribution in [0.4, 0.5) is 0 Å². The van der Waals surface area contributed by atoms with Gasteiger partial charge in [0.05, 0.1) is 52.0 Å². The summed E-state index contributed by atoms with van der Waals surface area (Å²) in [5.74, 6) is -1.52. The number of amides is 1. The maximum absolute atomic E-state index is 13.3. The first kappa shape index (κ1) is 55.7. The summed E-state index contributed by atoms with van der Waals surface area (Å²) < 4.78 is 23.2. The Kier molecular flexibility index (Phi) is 34.0. The molecule has 0 aromatic rings. The molecule has 12 nitrogen and oxygen atoms in total. The van der Waals surface area contributed by atoms with Crippen molar-refractivity contribution in [2.24, 2.45) is 5.73 Å². The molecule has 0 spiro atoms. The summed E-state index contributed by atoms with van der Waals surface area (Å²) in [7, 11) is 0.928. The van der Waals surface area contributed by atoms with Crippen molar-refractivity contribution >= 4 is 31.5 Å². The highest BCUT2D eigenvalue weighted by atomic mass is 32.2. The number of phosphoric ester groups is 1. The zero-order valence-corrected chi connectivity index (χ0v) is 37.8. The monoisotopic (exact) mass is 856 g/mol. The summed E-state index contributed by atoms with van der Waals surface area (Å²) in [5.41, 5.74) is 6.29. The number of carbonyl (C=O) groups excluding carboxylic acids is 1. The Hall–Kier alpha value is -2.32. The van der Waals surface area contributed by atoms with Crippen molar-refractivity contribution in [2.45, 2.75) is 146 Å². The lowest BCUT2D eigenvalue weighted by atomic mass is 10.1. The van der Waals surface area contributed by atoms with Gasteiger partial charge in [-0.25, -0.2) is 0 Å². The van der Waals surface area contributed by atoms with Crippen molar-refractivity contribution in [3.05, 3.63) is 72.9 Å². The molecule has 1 amide bonds. The number of quaternary nitrogens is 1. The van der Waals surface area contributed by atoms with Gasteiger partial charge in [-0.05, 0) is 57.8 Å². The molecule has 334 valence electrons. The molecule has 6 N–H and O–H groups in total. The molecule has 0 saturated carbocycles. The van der Waals surface area contributed by atoms with E-state index in [0.29, 0.717) is 17.4 Å². The van der Waals surface area contributed by atoms with E-state index in [1.165, 1.54) is 62.8 Å². The molecule has 58 heavy (non-hydrogen) atoms. The Balaban J connectivity index is 5.56. The highest BCUT2D eigenvalue weighted by Crippen LogP contribution is 2.38. The van der Waals surface area contributed by atoms with Gasteiger partial charge in [-0.15, -0.1) is 11.8 Å². The van der Waals surface area contributed by atoms with E-state index in [0.717, 1.165) is 32.1 Å². The number of aliphatic carboxylic acids is 1. The minimum Gasteiger partial charge on any atom is -0.756 e. The van der Waals surface area contributed by atoms with Gasteiger partial charge in [-0.1, -0.05) is 125 Å². The van der Waals surface area contributed by atoms with Crippen LogP contribution in [0.25, 0.3) is 0 Å². The standard InChI is InChI=1S/C44H78N3O9PS/c1-6-8-10-12-14-16-18-20-22-24-26-28-32-42(41(49)31-29-33-43(50)51)58-37-38(45)44(52)46-39(36-56-57(53,54)55-35-34-47(3,4)5)40(48)30-27-25-23-21-19-17-15-13-11-9-7-2/h14,16,19-22,24,26-28,30,32,38-42,48-49H,6-13,15,17-18,23,25,29,31,33-37,45H2,1-5H3,(H2-,46,50,51,52,53,54)/b16-14-,21-19-,22-20-,26-24+,30-27+,32-28+/t38-,39-,40+,41-,42+/m0/s1. The zero-order valence-electron chi connectivity index (χ0n) is 36.1. The molecule has 0 aliphatic rings. The van der Waals surface area contributed by atoms with Crippen molar-refractivity contribution in [2.75, 3.05) is 46.7 Å². The number of aliphatic hydroxyl groups excluding tert-OH is 2. The number of carbonyl (C=O) groups is 2. The van der Waals surface area contributed by atoms with E-state index >= 15 is 0 Å². The van der Waals surface area contributed by atoms with E-state index < -0.39 is 55.8 Å². The summed E-state index contributed by atoms with van der Waals surface area (Å²) in [6.45, 7) is 4.12. The van der Waals surface area contributed by atoms with Crippen LogP contribution in [-0.4, -0.2) is 108 Å². The van der Waals surface area contributed by atoms with Crippen LogP contribution in [0.2, 0.25) is 0 Å². The fraction of sp³-hybridized carbons (Fsp3) is 0.682. The molecule has 1 unspecified atom stereocenters. The molecule has 0 aliphatic heterocycles. The highest BCUT2D eigenvalue weighted by Gasteiger charge is 2.27. The molecule has 6 atom stereocenters. The van der Waals surface area contributed by atoms with Gasteiger partial charge in [0, 0.05) is 17.4 Å². The Morgan fingerprint density at radius 3 is 2.12 bits per heavy atom. The van der Waals surface area contributed by atoms with Gasteiger partial charge in [0.15, 0.2) is 0 Å². The van der Waals surface area contributed by atoms with Gasteiger partial charge in [-0.3, -0.25) is 14.2 Å². The van der Waals surface area contributed by atoms with Gasteiger partial charge in [0.25, 0.3) is 7.82 Å². The number of likely N-dealkylation sites (N-methyl/N-ethyl adjacent to an activating group) is 1. The fourth-order valence-corrected chi connectivity index (χ4v) is 7.15. The SMILES string of the molecule is CCCCC/C=C\C\C=C/C=C/C=C/[C@@H](SC[C@H](N)C(=O)N[C@@H](COP(=O)([O-])OCC[N+](C)(C)C)[C@H](O)/C=C/CC/C=C\CCCCCCC)[C@@H](O)CCCC(=O)O. The lowest BCUT2D eigenvalue weighted by Gasteiger charge is -2.30. The topological polar surface area (TPSA) is 191 Å². The molecule has 14 heteroatoms. The number of carboxylic acid groups (broad SMARTS) is 1. The number of rotatable bonds is 37. The van der Waals surface area contributed by atoms with Gasteiger partial charge in [0.2, 0.25) is 5.91 Å². The first-order valence-electron chi connectivity index (χ1n) is 21.2. The first-order valence-corrected chi connectivity index (χ1v) is 23.8. The number of hydrogen-bond donors (Lipinski definition) is 5. The summed E-state index contributed by atoms with van der Waals surface area (Å²) in [5, 5.41) is 33.2. The van der Waals surface area contributed by atoms with Crippen LogP contribution >= 0.6 is 19.6 Å². The van der Waals surface area contributed by atoms with Crippen LogP contribution in [0, 0.1) is 0 Å². The van der Waals surface area contributed by atoms with Crippen LogP contribution in [0.3, 0.4) is 0 Å². The Bertz CT molecular complexity index is 1300. The Morgan fingerprint density at radius 1 is 0.810 bits per heavy atom. The molecule has 0 saturated heterocycles. The van der Waals surface area contributed by atoms with Crippen LogP contribution in [-0.2, 0) is 23.2 Å². The van der Waals surface area contributed by atoms with Crippen LogP contribution in [0.15, 0.2) is 72.9 Å². The zero-order chi connectivity index (χ0) is 43.5. The summed E-state index contributed by atoms with van der Waals surface area (Å²) in [4.78, 5) is 36.9. The average molecular weight is 856 g/mol. The smallest absolute Gasteiger partial charge is 0.303 e. The second kappa shape index (κ2) is 35.4. The maximum Gasteiger partial charge on any atom is 0.303 e. The van der Waals surface area contributed by atoms with Gasteiger partial charge in [0.1, 0.15) is 13.2 Å². The quantitative estimate of drug-likeness (QED) is 0.0136. The molecule has 0 aromatic heterocycles. The molecular formula is C44H78N3O9PS. The number of thioether (sulfide) groups is 1. The largest absolute Gasteiger partial charge is 0.756 e. The molecular weight excluding hydrogens is 778 g/mol. The van der Waals surface area contributed by atoms with Crippen LogP contribution in [0.5, 0.6) is 0 Å². The normalized spacial score (nSPS) is 16.6. The molecule has 0 bridgehead atoms. The minimum absolute atomic E-state index is 0.0731. The molecule has 0 fully saturated rings. The lowest BCUT2D eigenvalue weighted by molar-refractivity contribution is -0.870. The summed E-state index contributed by atoms with van der Waals surface area (Å²) in [6, 6.07) is -2.25. The minimum atomic E-state index is -4.75. The second-order valence-corrected chi connectivity index (χ2v) is 18.2. The maximum atomic E-state index is 13.3. The van der Waals surface area contributed by atoms with E-state index in [1.54, 1.807) is 18.2 Å². The van der Waals surface area contributed by atoms with E-state index in [1.807, 2.05) is 45.4 Å². The average Bonchev–Trinajstić information content (AvgIpc) is 3.15. The number of hydrogen-bond acceptors (Lipinski definition) is 10. The van der Waals surface area contributed by atoms with Gasteiger partial charge in [-0.2, -0.15) is 0 Å². The molecule has 0 radical (unpaired) electrons. The number of unbranched alkanes of at least 4 members (excludes halogenated alkanes) is 9. The molecule has 0 aliphatic carbocycles. The van der Waals surface area contributed by atoms with Crippen molar-refractivity contribution in [3.8, 4) is 0 Å². The predicted molar refractivity (Wildman–Crippen MR) is 238 cm³/mol. The fourth-order valence-electron chi connectivity index (χ4n) is 5.29. The third-order valence-electron chi connectivity index (χ3n) is 8.90. The number of carboxylic acids is 1. The van der Waals surface area contributed by atoms with Gasteiger partial charge >= 0.3 is 5.97 Å². The second-order valence-electron chi connectivity index (χ2n) is 15.5.